The van der Waals surface area contributed by atoms with E-state index in [1.165, 1.54) is 6.20 Å². The molecule has 0 unspecified atom stereocenters. The van der Waals surface area contributed by atoms with E-state index < -0.39 is 5.91 Å². The molecule has 0 radical (unpaired) electrons. The van der Waals surface area contributed by atoms with E-state index in [-0.39, 0.29) is 23.6 Å². The van der Waals surface area contributed by atoms with Crippen LogP contribution in [-0.4, -0.2) is 53.0 Å². The zero-order chi connectivity index (χ0) is 25.5. The van der Waals surface area contributed by atoms with Gasteiger partial charge in [-0.3, -0.25) is 9.59 Å². The summed E-state index contributed by atoms with van der Waals surface area (Å²) in [6.45, 7) is 3.35. The van der Waals surface area contributed by atoms with Crippen LogP contribution in [0.15, 0.2) is 60.8 Å². The molecule has 8 heteroatoms. The van der Waals surface area contributed by atoms with Crippen molar-refractivity contribution in [2.24, 2.45) is 5.73 Å². The smallest absolute Gasteiger partial charge is 0.254 e. The second-order valence-corrected chi connectivity index (χ2v) is 9.20. The van der Waals surface area contributed by atoms with Crippen molar-refractivity contribution in [3.8, 4) is 0 Å². The predicted octanol–water partition coefficient (Wildman–Crippen LogP) is 3.52. The number of ether oxygens (including phenoxy) is 1. The molecule has 188 valence electrons. The molecule has 36 heavy (non-hydrogen) atoms. The van der Waals surface area contributed by atoms with Crippen molar-refractivity contribution in [3.05, 3.63) is 88.9 Å². The molecule has 0 saturated carbocycles. The second kappa shape index (κ2) is 11.8. The lowest BCUT2D eigenvalue weighted by Gasteiger charge is -2.24. The summed E-state index contributed by atoms with van der Waals surface area (Å²) in [4.78, 5) is 35.9. The maximum absolute atomic E-state index is 12.9. The normalized spacial score (nSPS) is 16.1. The van der Waals surface area contributed by atoms with Crippen molar-refractivity contribution in [1.29, 1.82) is 0 Å². The van der Waals surface area contributed by atoms with Gasteiger partial charge in [-0.05, 0) is 36.5 Å². The molecule has 8 nitrogen and oxygen atoms in total. The number of nitrogens with two attached hydrogens (primary N) is 1. The van der Waals surface area contributed by atoms with Gasteiger partial charge < -0.3 is 20.7 Å². The van der Waals surface area contributed by atoms with Gasteiger partial charge in [0.1, 0.15) is 11.6 Å². The van der Waals surface area contributed by atoms with Gasteiger partial charge in [0, 0.05) is 32.3 Å². The molecule has 0 aliphatic carbocycles. The zero-order valence-electron chi connectivity index (χ0n) is 20.8. The Morgan fingerprint density at radius 2 is 1.94 bits per heavy atom. The molecule has 1 aromatic heterocycles. The lowest BCUT2D eigenvalue weighted by atomic mass is 10.0. The van der Waals surface area contributed by atoms with Crippen molar-refractivity contribution in [1.82, 2.24) is 14.9 Å². The van der Waals surface area contributed by atoms with Crippen LogP contribution in [0.2, 0.25) is 0 Å². The van der Waals surface area contributed by atoms with Crippen molar-refractivity contribution < 1.29 is 14.3 Å². The van der Waals surface area contributed by atoms with Gasteiger partial charge in [0.05, 0.1) is 24.6 Å². The van der Waals surface area contributed by atoms with Gasteiger partial charge >= 0.3 is 0 Å². The Morgan fingerprint density at radius 3 is 2.69 bits per heavy atom. The molecule has 1 aliphatic rings. The van der Waals surface area contributed by atoms with E-state index in [2.05, 4.69) is 15.3 Å². The summed E-state index contributed by atoms with van der Waals surface area (Å²) in [5.74, 6) is 0.507. The first kappa shape index (κ1) is 25.3. The Labute approximate surface area is 211 Å². The number of aromatic nitrogens is 2. The van der Waals surface area contributed by atoms with E-state index in [0.717, 1.165) is 36.1 Å². The van der Waals surface area contributed by atoms with Gasteiger partial charge in [-0.15, -0.1) is 0 Å². The van der Waals surface area contributed by atoms with Crippen LogP contribution in [0, 0.1) is 0 Å². The number of amides is 2. The Morgan fingerprint density at radius 1 is 1.17 bits per heavy atom. The minimum Gasteiger partial charge on any atom is -0.383 e. The SMILES string of the molecule is COC[C@@H]1CCCN1C(=O)Cc1cccc(Cc2ncc(C(N)=O)c(N[C@H](C)c3ccccc3)n2)c1. The van der Waals surface area contributed by atoms with Crippen LogP contribution in [0.3, 0.4) is 0 Å². The predicted molar refractivity (Wildman–Crippen MR) is 139 cm³/mol. The van der Waals surface area contributed by atoms with Crippen LogP contribution in [0.25, 0.3) is 0 Å². The summed E-state index contributed by atoms with van der Waals surface area (Å²) in [6, 6.07) is 17.9. The molecule has 2 amide bonds. The fraction of sp³-hybridized carbons (Fsp3) is 0.357. The van der Waals surface area contributed by atoms with Gasteiger partial charge in [-0.25, -0.2) is 9.97 Å². The summed E-state index contributed by atoms with van der Waals surface area (Å²) in [5, 5.41) is 3.31. The summed E-state index contributed by atoms with van der Waals surface area (Å²) < 4.78 is 5.28. The second-order valence-electron chi connectivity index (χ2n) is 9.20. The van der Waals surface area contributed by atoms with E-state index in [9.17, 15) is 9.59 Å². The minimum absolute atomic E-state index is 0.0751. The number of carbonyl (C=O) groups excluding carboxylic acids is 2. The summed E-state index contributed by atoms with van der Waals surface area (Å²) in [7, 11) is 1.67. The van der Waals surface area contributed by atoms with Crippen molar-refractivity contribution in [2.45, 2.75) is 44.7 Å². The fourth-order valence-corrected chi connectivity index (χ4v) is 4.66. The molecule has 3 aromatic rings. The third-order valence-corrected chi connectivity index (χ3v) is 6.52. The van der Waals surface area contributed by atoms with Gasteiger partial charge in [-0.1, -0.05) is 54.6 Å². The van der Waals surface area contributed by atoms with Crippen LogP contribution in [0.5, 0.6) is 0 Å². The quantitative estimate of drug-likeness (QED) is 0.453. The maximum Gasteiger partial charge on any atom is 0.254 e. The Bertz CT molecular complexity index is 1200. The summed E-state index contributed by atoms with van der Waals surface area (Å²) in [5.41, 5.74) is 8.83. The van der Waals surface area contributed by atoms with Crippen LogP contribution in [0.1, 0.15) is 58.7 Å². The first-order valence-corrected chi connectivity index (χ1v) is 12.3. The van der Waals surface area contributed by atoms with E-state index in [4.69, 9.17) is 10.5 Å². The number of primary amides is 1. The highest BCUT2D eigenvalue weighted by molar-refractivity contribution is 5.97. The van der Waals surface area contributed by atoms with E-state index in [1.54, 1.807) is 7.11 Å². The van der Waals surface area contributed by atoms with Gasteiger partial charge in [0.25, 0.3) is 5.91 Å². The molecule has 0 bridgehead atoms. The number of nitrogens with one attached hydrogen (secondary N) is 1. The molecule has 2 heterocycles. The van der Waals surface area contributed by atoms with Crippen molar-refractivity contribution in [3.63, 3.8) is 0 Å². The number of benzene rings is 2. The monoisotopic (exact) mass is 487 g/mol. The molecular weight excluding hydrogens is 454 g/mol. The number of nitrogens with zero attached hydrogens (tertiary/aromatic N) is 3. The molecule has 1 fully saturated rings. The highest BCUT2D eigenvalue weighted by atomic mass is 16.5. The van der Waals surface area contributed by atoms with Crippen LogP contribution in [-0.2, 0) is 22.4 Å². The molecule has 4 rings (SSSR count). The summed E-state index contributed by atoms with van der Waals surface area (Å²) >= 11 is 0. The largest absolute Gasteiger partial charge is 0.383 e. The molecule has 3 N–H and O–H groups in total. The fourth-order valence-electron chi connectivity index (χ4n) is 4.66. The Kier molecular flexibility index (Phi) is 8.28. The lowest BCUT2D eigenvalue weighted by molar-refractivity contribution is -0.132. The molecule has 2 aromatic carbocycles. The standard InChI is InChI=1S/C28H33N5O3/c1-19(22-10-4-3-5-11-22)31-28-24(27(29)35)17-30-25(32-28)15-20-8-6-9-21(14-20)16-26(34)33-13-7-12-23(33)18-36-2/h3-6,8-11,14,17,19,23H,7,12-13,15-16,18H2,1-2H3,(H2,29,35)(H,30,31,32)/t19-,23+/m1/s1. The van der Waals surface area contributed by atoms with Crippen LogP contribution >= 0.6 is 0 Å². The average Bonchev–Trinajstić information content (AvgIpc) is 3.33. The van der Waals surface area contributed by atoms with Gasteiger partial charge in [0.15, 0.2) is 0 Å². The minimum atomic E-state index is -0.585. The third kappa shape index (κ3) is 6.26. The maximum atomic E-state index is 12.9. The summed E-state index contributed by atoms with van der Waals surface area (Å²) in [6.07, 6.45) is 4.28. The molecule has 1 aliphatic heterocycles. The number of carbonyl (C=O) groups is 2. The first-order valence-electron chi connectivity index (χ1n) is 12.3. The highest BCUT2D eigenvalue weighted by Crippen LogP contribution is 2.22. The average molecular weight is 488 g/mol. The van der Waals surface area contributed by atoms with E-state index in [1.807, 2.05) is 66.4 Å². The number of hydrogen-bond acceptors (Lipinski definition) is 6. The highest BCUT2D eigenvalue weighted by Gasteiger charge is 2.28. The van der Waals surface area contributed by atoms with Crippen LogP contribution in [0.4, 0.5) is 5.82 Å². The Hall–Kier alpha value is -3.78. The van der Waals surface area contributed by atoms with E-state index in [0.29, 0.717) is 31.1 Å². The number of anilines is 1. The number of methoxy groups -OCH3 is 1. The molecular formula is C28H33N5O3. The molecule has 0 spiro atoms. The molecule has 1 saturated heterocycles. The topological polar surface area (TPSA) is 110 Å². The van der Waals surface area contributed by atoms with Gasteiger partial charge in [-0.2, -0.15) is 0 Å². The van der Waals surface area contributed by atoms with E-state index >= 15 is 0 Å². The van der Waals surface area contributed by atoms with Crippen LogP contribution < -0.4 is 11.1 Å². The number of hydrogen-bond donors (Lipinski definition) is 2. The van der Waals surface area contributed by atoms with Gasteiger partial charge in [0.2, 0.25) is 5.91 Å². The third-order valence-electron chi connectivity index (χ3n) is 6.52. The Balaban J connectivity index is 1.48. The lowest BCUT2D eigenvalue weighted by Crippen LogP contribution is -2.39. The number of rotatable bonds is 10. The number of likely N-dealkylation sites (tertiary alicyclic amines) is 1. The molecule has 2 atom stereocenters. The first-order chi connectivity index (χ1) is 17.4. The van der Waals surface area contributed by atoms with Crippen molar-refractivity contribution in [2.75, 3.05) is 25.6 Å². The zero-order valence-corrected chi connectivity index (χ0v) is 20.8. The van der Waals surface area contributed by atoms with Crippen molar-refractivity contribution >= 4 is 17.6 Å².